The lowest BCUT2D eigenvalue weighted by atomic mass is 9.76. The van der Waals surface area contributed by atoms with Crippen molar-refractivity contribution in [2.75, 3.05) is 118 Å². The van der Waals surface area contributed by atoms with Crippen molar-refractivity contribution in [1.29, 1.82) is 0 Å². The number of ether oxygens (including phenoxy) is 13. The molecule has 1 amide bonds. The van der Waals surface area contributed by atoms with E-state index >= 15 is 0 Å². The van der Waals surface area contributed by atoms with Gasteiger partial charge in [0.25, 0.3) is 16.8 Å². The molecule has 0 bridgehead atoms. The highest BCUT2D eigenvalue weighted by atomic mass is 16.7. The van der Waals surface area contributed by atoms with E-state index in [1.165, 1.54) is 17.0 Å². The fourth-order valence-corrected chi connectivity index (χ4v) is 11.3. The number of azide groups is 1. The predicted molar refractivity (Wildman–Crippen MR) is 332 cm³/mol. The number of phenolic OH excluding ortho intramolecular Hbond substituents is 1. The summed E-state index contributed by atoms with van der Waals surface area (Å²) in [6.45, 7) is 17.1. The van der Waals surface area contributed by atoms with Crippen LogP contribution in [0.5, 0.6) is 51.7 Å². The van der Waals surface area contributed by atoms with Gasteiger partial charge in [-0.25, -0.2) is 0 Å². The molecule has 5 fully saturated rings. The molecule has 6 N–H and O–H groups in total. The normalized spacial score (nSPS) is 20.1. The number of aldehydes is 1. The fraction of sp³-hybridized carbons (Fsp3) is 0.455. The van der Waals surface area contributed by atoms with Crippen LogP contribution in [0.1, 0.15) is 91.5 Å². The van der Waals surface area contributed by atoms with Crippen LogP contribution in [0.25, 0.3) is 10.4 Å². The van der Waals surface area contributed by atoms with Gasteiger partial charge in [0, 0.05) is 46.7 Å². The zero-order chi connectivity index (χ0) is 65.2. The number of nitrogens with two attached hydrogens (primary N) is 1. The Morgan fingerprint density at radius 3 is 1.43 bits per heavy atom. The molecule has 15 rings (SSSR count). The third kappa shape index (κ3) is 13.1. The van der Waals surface area contributed by atoms with Gasteiger partial charge in [0.2, 0.25) is 27.2 Å². The molecule has 6 aromatic rings. The maximum atomic E-state index is 12.6. The molecule has 9 aliphatic heterocycles. The van der Waals surface area contributed by atoms with Crippen molar-refractivity contribution in [2.24, 2.45) is 37.9 Å². The van der Waals surface area contributed by atoms with Gasteiger partial charge in [0.15, 0.2) is 51.7 Å². The summed E-state index contributed by atoms with van der Waals surface area (Å²) in [5.41, 5.74) is 16.9. The van der Waals surface area contributed by atoms with Gasteiger partial charge in [-0.3, -0.25) is 14.4 Å². The minimum Gasteiger partial charge on any atom is -0.505 e. The second kappa shape index (κ2) is 26.4. The number of carbonyl (C=O) groups excluding carboxylic acids is 2. The first-order valence-corrected chi connectivity index (χ1v) is 29.9. The van der Waals surface area contributed by atoms with E-state index in [1.54, 1.807) is 20.2 Å². The minimum absolute atomic E-state index is 0.0178. The van der Waals surface area contributed by atoms with E-state index in [0.717, 1.165) is 64.8 Å². The van der Waals surface area contributed by atoms with Gasteiger partial charge in [0.1, 0.15) is 17.7 Å². The second-order valence-electron chi connectivity index (χ2n) is 25.8. The lowest BCUT2D eigenvalue weighted by Gasteiger charge is -2.45. The molecule has 26 heteroatoms. The third-order valence-electron chi connectivity index (χ3n) is 17.6. The number of hydrogen-bond donors (Lipinski definition) is 5. The Kier molecular flexibility index (Phi) is 18.6. The summed E-state index contributed by atoms with van der Waals surface area (Å²) in [5, 5.41) is 30.9. The Bertz CT molecular complexity index is 3750. The average Bonchev–Trinajstić information content (AvgIpc) is 1.54. The molecule has 92 heavy (non-hydrogen) atoms. The Morgan fingerprint density at radius 1 is 0.576 bits per heavy atom. The number of amides is 1. The lowest BCUT2D eigenvalue weighted by molar-refractivity contribution is -0.163. The van der Waals surface area contributed by atoms with Crippen LogP contribution in [-0.4, -0.2) is 135 Å². The molecule has 9 heterocycles. The average molecular weight is 1270 g/mol. The van der Waals surface area contributed by atoms with Crippen molar-refractivity contribution < 1.29 is 81.4 Å². The fourth-order valence-electron chi connectivity index (χ4n) is 11.3. The number of aromatic hydroxyl groups is 1. The summed E-state index contributed by atoms with van der Waals surface area (Å²) in [7, 11) is 3.14. The summed E-state index contributed by atoms with van der Waals surface area (Å²) in [6, 6.07) is 26.6. The van der Waals surface area contributed by atoms with Crippen LogP contribution in [0.4, 0.5) is 17.1 Å². The van der Waals surface area contributed by atoms with Gasteiger partial charge in [0.05, 0.1) is 101 Å². The Hall–Kier alpha value is -8.85. The number of phenols is 1. The Morgan fingerprint density at radius 2 is 1.00 bits per heavy atom. The topological polar surface area (TPSA) is 331 Å². The smallest absolute Gasteiger partial charge is 0.257 e. The number of carbonyl (C=O) groups is 2. The third-order valence-corrected chi connectivity index (χ3v) is 17.6. The van der Waals surface area contributed by atoms with Crippen LogP contribution >= 0.6 is 0 Å². The number of hydrogen-bond acceptors (Lipinski definition) is 23. The Balaban J connectivity index is 0.000000128. The summed E-state index contributed by atoms with van der Waals surface area (Å²) >= 11 is 0. The van der Waals surface area contributed by atoms with E-state index in [2.05, 4.69) is 34.5 Å². The first kappa shape index (κ1) is 64.7. The van der Waals surface area contributed by atoms with Crippen molar-refractivity contribution in [3.05, 3.63) is 150 Å². The van der Waals surface area contributed by atoms with Crippen molar-refractivity contribution in [2.45, 2.75) is 58.8 Å². The van der Waals surface area contributed by atoms with Crippen molar-refractivity contribution in [3.8, 4) is 51.7 Å². The number of para-hydroxylation sites is 1. The van der Waals surface area contributed by atoms with Gasteiger partial charge in [-0.05, 0) is 95.4 Å². The number of benzene rings is 5. The second-order valence-corrected chi connectivity index (χ2v) is 25.8. The van der Waals surface area contributed by atoms with Gasteiger partial charge in [-0.15, -0.1) is 0 Å². The van der Waals surface area contributed by atoms with E-state index in [-0.39, 0.29) is 94.0 Å². The highest BCUT2D eigenvalue weighted by Crippen LogP contribution is 2.49. The molecular formula is C66H75N7O19. The minimum atomic E-state index is -0.712. The summed E-state index contributed by atoms with van der Waals surface area (Å²) in [4.78, 5) is 51.8. The van der Waals surface area contributed by atoms with Gasteiger partial charge >= 0.3 is 0 Å². The summed E-state index contributed by atoms with van der Waals surface area (Å²) in [6.07, 6.45) is 0.437. The van der Waals surface area contributed by atoms with Crippen molar-refractivity contribution in [3.63, 3.8) is 0 Å². The predicted octanol–water partition coefficient (Wildman–Crippen LogP) is 8.31. The molecule has 5 saturated heterocycles. The molecule has 26 nitrogen and oxygen atoms in total. The van der Waals surface area contributed by atoms with Crippen LogP contribution < -0.4 is 65.1 Å². The van der Waals surface area contributed by atoms with Crippen LogP contribution in [0.15, 0.2) is 106 Å². The van der Waals surface area contributed by atoms with E-state index in [4.69, 9.17) is 72.8 Å². The largest absolute Gasteiger partial charge is 0.505 e. The van der Waals surface area contributed by atoms with Crippen LogP contribution in [0.3, 0.4) is 0 Å². The molecule has 4 atom stereocenters. The number of aliphatic hydroxyl groups is 1. The number of rotatable bonds is 15. The van der Waals surface area contributed by atoms with Crippen molar-refractivity contribution in [1.82, 2.24) is 4.90 Å². The molecule has 9 aliphatic rings. The molecular weight excluding hydrogens is 1190 g/mol. The van der Waals surface area contributed by atoms with Crippen LogP contribution in [-0.2, 0) is 28.5 Å². The number of nitrogens with zero attached hydrogens (tertiary/aromatic N) is 4. The van der Waals surface area contributed by atoms with E-state index in [0.29, 0.717) is 82.6 Å². The molecule has 488 valence electrons. The quantitative estimate of drug-likeness (QED) is 0.0161. The first-order valence-electron chi connectivity index (χ1n) is 29.9. The highest BCUT2D eigenvalue weighted by molar-refractivity contribution is 5.99. The SMILES string of the molecule is CC1(C(N)c2ccc3c(c2)OCO3)COC1.CC1(C(N=[N+]=[N-])c2ccc3c(c2)OCO3)COC1.CC1(C(O)c2ccc3c(c2)OCO3)COC1.CC1(C=O)COC1.CN(C)C(=O)c1cccc(Nc2c(NC(c3ccc4c(c3)OCO4)C3(C)COC3)c(=O)c2=O)c1O. The van der Waals surface area contributed by atoms with Crippen LogP contribution in [0.2, 0.25) is 0 Å². The number of nitrogens with one attached hydrogen (secondary N) is 2. The molecule has 4 unspecified atom stereocenters. The monoisotopic (exact) mass is 1270 g/mol. The molecule has 0 aliphatic carbocycles. The number of aliphatic hydroxyl groups excluding tert-OH is 1. The number of anilines is 3. The van der Waals surface area contributed by atoms with E-state index in [1.807, 2.05) is 93.6 Å². The number of fused-ring (bicyclic) bond motifs is 4. The van der Waals surface area contributed by atoms with E-state index in [9.17, 15) is 29.4 Å². The van der Waals surface area contributed by atoms with Crippen molar-refractivity contribution >= 4 is 29.3 Å². The summed E-state index contributed by atoms with van der Waals surface area (Å²) < 4.78 is 68.6. The van der Waals surface area contributed by atoms with Gasteiger partial charge in [-0.2, -0.15) is 0 Å². The van der Waals surface area contributed by atoms with E-state index < -0.39 is 22.9 Å². The van der Waals surface area contributed by atoms with Gasteiger partial charge < -0.3 is 97.9 Å². The Labute approximate surface area is 529 Å². The maximum Gasteiger partial charge on any atom is 0.257 e. The maximum absolute atomic E-state index is 12.6. The molecule has 0 aromatic heterocycles. The standard InChI is InChI=1S/C25H25N3O7.C12H13N3O3.C12H15NO3.C12H14O4.C5H8O2/c1-25(10-33-11-25)23(13-7-8-16-17(9-13)35-12-34-16)27-19-18(21(30)22(19)31)26-15-6-4-5-14(20(15)29)24(32)28(2)3;1-12(5-16-6-12)11(14-15-13)8-2-3-9-10(4-8)18-7-17-9;2*1-12(5-14-6-12)11(13)8-2-3-9-10(4-8)16-7-15-9;1-5(2-6)3-7-4-5/h4-9,23,26-27,29H,10-12H2,1-3H3;2-4,11H,5-7H2,1H3;2-4,11H,5-7,13H2,1H3;2-4,11,13H,5-7H2,1H3;2H,3-4H2,1H3. The lowest BCUT2D eigenvalue weighted by Crippen LogP contribution is -2.49. The zero-order valence-electron chi connectivity index (χ0n) is 52.1. The molecule has 0 saturated carbocycles. The molecule has 0 spiro atoms. The molecule has 0 radical (unpaired) electrons. The highest BCUT2D eigenvalue weighted by Gasteiger charge is 2.46. The van der Waals surface area contributed by atoms with Gasteiger partial charge in [-0.1, -0.05) is 63.1 Å². The zero-order valence-corrected chi connectivity index (χ0v) is 52.1. The summed E-state index contributed by atoms with van der Waals surface area (Å²) in [5.74, 6) is 5.01. The van der Waals surface area contributed by atoms with Crippen LogP contribution in [0, 0.1) is 27.1 Å². The first-order chi connectivity index (χ1) is 44.1. The molecule has 6 aromatic carbocycles.